The number of nitrogens with one attached hydrogen (secondary N) is 1. The number of anilines is 1. The molecule has 0 aliphatic carbocycles. The number of hydrogen-bond donors (Lipinski definition) is 2. The van der Waals surface area contributed by atoms with Crippen LogP contribution in [0.1, 0.15) is 26.3 Å². The quantitative estimate of drug-likeness (QED) is 0.846. The van der Waals surface area contributed by atoms with Gasteiger partial charge in [0.05, 0.1) is 11.1 Å². The van der Waals surface area contributed by atoms with Crippen molar-refractivity contribution in [2.75, 3.05) is 5.32 Å². The lowest BCUT2D eigenvalue weighted by molar-refractivity contribution is 0.0696. The highest BCUT2D eigenvalue weighted by Gasteiger charge is 2.12. The summed E-state index contributed by atoms with van der Waals surface area (Å²) in [5.74, 6) is -1.32. The van der Waals surface area contributed by atoms with Crippen LogP contribution in [-0.4, -0.2) is 17.0 Å². The van der Waals surface area contributed by atoms with Gasteiger partial charge in [-0.05, 0) is 64.8 Å². The van der Waals surface area contributed by atoms with Gasteiger partial charge in [0.1, 0.15) is 0 Å². The van der Waals surface area contributed by atoms with E-state index in [2.05, 4.69) is 21.2 Å². The lowest BCUT2D eigenvalue weighted by Gasteiger charge is -2.09. The second kappa shape index (κ2) is 6.28. The molecule has 4 nitrogen and oxygen atoms in total. The first-order valence-corrected chi connectivity index (χ1v) is 7.16. The molecule has 0 atom stereocenters. The largest absolute Gasteiger partial charge is 0.478 e. The summed E-state index contributed by atoms with van der Waals surface area (Å²) in [5.41, 5.74) is 1.71. The topological polar surface area (TPSA) is 66.4 Å². The van der Waals surface area contributed by atoms with E-state index >= 15 is 0 Å². The van der Waals surface area contributed by atoms with Crippen molar-refractivity contribution in [1.82, 2.24) is 0 Å². The van der Waals surface area contributed by atoms with E-state index in [4.69, 9.17) is 16.7 Å². The predicted octanol–water partition coefficient (Wildman–Crippen LogP) is 4.36. The van der Waals surface area contributed by atoms with Crippen molar-refractivity contribution in [3.63, 3.8) is 0 Å². The number of hydrogen-bond acceptors (Lipinski definition) is 2. The molecular formula is C15H11BrClNO3. The molecule has 0 aliphatic rings. The number of amides is 1. The summed E-state index contributed by atoms with van der Waals surface area (Å²) in [6, 6.07) is 9.54. The van der Waals surface area contributed by atoms with Gasteiger partial charge in [0.2, 0.25) is 0 Å². The molecule has 0 saturated heterocycles. The maximum absolute atomic E-state index is 12.2. The Labute approximate surface area is 134 Å². The summed E-state index contributed by atoms with van der Waals surface area (Å²) >= 11 is 9.17. The molecule has 6 heteroatoms. The van der Waals surface area contributed by atoms with Gasteiger partial charge in [-0.2, -0.15) is 0 Å². The Balaban J connectivity index is 2.26. The van der Waals surface area contributed by atoms with Gasteiger partial charge < -0.3 is 10.4 Å². The van der Waals surface area contributed by atoms with E-state index in [0.717, 1.165) is 0 Å². The van der Waals surface area contributed by atoms with Gasteiger partial charge in [0, 0.05) is 15.2 Å². The third kappa shape index (κ3) is 3.62. The summed E-state index contributed by atoms with van der Waals surface area (Å²) in [6.45, 7) is 1.68. The molecule has 0 unspecified atom stereocenters. The zero-order valence-electron chi connectivity index (χ0n) is 11.0. The summed E-state index contributed by atoms with van der Waals surface area (Å²) in [6.07, 6.45) is 0. The highest BCUT2D eigenvalue weighted by atomic mass is 79.9. The minimum Gasteiger partial charge on any atom is -0.478 e. The molecular weight excluding hydrogens is 358 g/mol. The normalized spacial score (nSPS) is 10.2. The number of halogens is 2. The number of carboxylic acid groups (broad SMARTS) is 1. The second-order valence-electron chi connectivity index (χ2n) is 4.41. The van der Waals surface area contributed by atoms with Gasteiger partial charge in [-0.3, -0.25) is 4.79 Å². The van der Waals surface area contributed by atoms with Crippen LogP contribution in [-0.2, 0) is 0 Å². The highest BCUT2D eigenvalue weighted by molar-refractivity contribution is 9.10. The molecule has 0 bridgehead atoms. The van der Waals surface area contributed by atoms with Gasteiger partial charge >= 0.3 is 5.97 Å². The number of benzene rings is 2. The second-order valence-corrected chi connectivity index (χ2v) is 5.70. The molecule has 21 heavy (non-hydrogen) atoms. The summed E-state index contributed by atoms with van der Waals surface area (Å²) in [7, 11) is 0. The van der Waals surface area contributed by atoms with Crippen molar-refractivity contribution in [2.45, 2.75) is 6.92 Å². The van der Waals surface area contributed by atoms with Crippen LogP contribution in [0.25, 0.3) is 0 Å². The Hall–Kier alpha value is -1.85. The van der Waals surface area contributed by atoms with Crippen molar-refractivity contribution in [3.8, 4) is 0 Å². The zero-order chi connectivity index (χ0) is 15.6. The molecule has 0 radical (unpaired) electrons. The number of aromatic carboxylic acids is 1. The third-order valence-corrected chi connectivity index (χ3v) is 3.81. The Morgan fingerprint density at radius 2 is 1.86 bits per heavy atom. The minimum atomic E-state index is -0.997. The van der Waals surface area contributed by atoms with Crippen LogP contribution in [0.2, 0.25) is 5.02 Å². The molecule has 0 aliphatic heterocycles. The minimum absolute atomic E-state index is 0.205. The Morgan fingerprint density at radius 3 is 2.48 bits per heavy atom. The SMILES string of the molecule is Cc1cc(NC(=O)c2cc(Cl)ccc2Br)ccc1C(=O)O. The van der Waals surface area contributed by atoms with Crippen LogP contribution in [0.5, 0.6) is 0 Å². The third-order valence-electron chi connectivity index (χ3n) is 2.89. The number of carbonyl (C=O) groups excluding carboxylic acids is 1. The molecule has 2 rings (SSSR count). The average Bonchev–Trinajstić information content (AvgIpc) is 2.41. The maximum Gasteiger partial charge on any atom is 0.335 e. The van der Waals surface area contributed by atoms with Crippen LogP contribution in [0, 0.1) is 6.92 Å². The maximum atomic E-state index is 12.2. The molecule has 108 valence electrons. The smallest absolute Gasteiger partial charge is 0.335 e. The van der Waals surface area contributed by atoms with Crippen molar-refractivity contribution in [3.05, 3.63) is 62.6 Å². The molecule has 0 heterocycles. The fourth-order valence-electron chi connectivity index (χ4n) is 1.85. The fourth-order valence-corrected chi connectivity index (χ4v) is 2.45. The highest BCUT2D eigenvalue weighted by Crippen LogP contribution is 2.23. The van der Waals surface area contributed by atoms with E-state index in [9.17, 15) is 9.59 Å². The van der Waals surface area contributed by atoms with E-state index in [0.29, 0.717) is 26.3 Å². The first-order valence-electron chi connectivity index (χ1n) is 5.99. The number of rotatable bonds is 3. The van der Waals surface area contributed by atoms with Gasteiger partial charge in [0.25, 0.3) is 5.91 Å². The molecule has 0 fully saturated rings. The van der Waals surface area contributed by atoms with Crippen LogP contribution in [0.3, 0.4) is 0 Å². The molecule has 0 saturated carbocycles. The van der Waals surface area contributed by atoms with Crippen LogP contribution in [0.15, 0.2) is 40.9 Å². The van der Waals surface area contributed by atoms with Gasteiger partial charge in [-0.15, -0.1) is 0 Å². The van der Waals surface area contributed by atoms with E-state index in [1.165, 1.54) is 6.07 Å². The fraction of sp³-hybridized carbons (Fsp3) is 0.0667. The van der Waals surface area contributed by atoms with Gasteiger partial charge in [-0.25, -0.2) is 4.79 Å². The lowest BCUT2D eigenvalue weighted by atomic mass is 10.1. The average molecular weight is 369 g/mol. The van der Waals surface area contributed by atoms with Crippen molar-refractivity contribution < 1.29 is 14.7 Å². The van der Waals surface area contributed by atoms with E-state index in [-0.39, 0.29) is 11.5 Å². The van der Waals surface area contributed by atoms with Gasteiger partial charge in [-0.1, -0.05) is 11.6 Å². The first-order chi connectivity index (χ1) is 9.88. The van der Waals surface area contributed by atoms with Crippen LogP contribution >= 0.6 is 27.5 Å². The van der Waals surface area contributed by atoms with Crippen molar-refractivity contribution in [1.29, 1.82) is 0 Å². The predicted molar refractivity (Wildman–Crippen MR) is 85.2 cm³/mol. The standard InChI is InChI=1S/C15H11BrClNO3/c1-8-6-10(3-4-11(8)15(20)21)18-14(19)12-7-9(17)2-5-13(12)16/h2-7H,1H3,(H,18,19)(H,20,21). The summed E-state index contributed by atoms with van der Waals surface area (Å²) in [5, 5.41) is 12.1. The molecule has 2 aromatic carbocycles. The van der Waals surface area contributed by atoms with E-state index in [1.54, 1.807) is 37.3 Å². The summed E-state index contributed by atoms with van der Waals surface area (Å²) < 4.78 is 0.628. The van der Waals surface area contributed by atoms with Crippen LogP contribution < -0.4 is 5.32 Å². The molecule has 1 amide bonds. The Bertz CT molecular complexity index is 731. The zero-order valence-corrected chi connectivity index (χ0v) is 13.3. The monoisotopic (exact) mass is 367 g/mol. The van der Waals surface area contributed by atoms with E-state index < -0.39 is 5.97 Å². The lowest BCUT2D eigenvalue weighted by Crippen LogP contribution is -2.13. The number of carbonyl (C=O) groups is 2. The summed E-state index contributed by atoms with van der Waals surface area (Å²) in [4.78, 5) is 23.2. The Morgan fingerprint density at radius 1 is 1.14 bits per heavy atom. The van der Waals surface area contributed by atoms with Crippen molar-refractivity contribution in [2.24, 2.45) is 0 Å². The number of aryl methyl sites for hydroxylation is 1. The first kappa shape index (κ1) is 15.5. The molecule has 2 N–H and O–H groups in total. The molecule has 2 aromatic rings. The van der Waals surface area contributed by atoms with Gasteiger partial charge in [0.15, 0.2) is 0 Å². The van der Waals surface area contributed by atoms with Crippen molar-refractivity contribution >= 4 is 45.1 Å². The molecule has 0 aromatic heterocycles. The van der Waals surface area contributed by atoms with E-state index in [1.807, 2.05) is 0 Å². The Kier molecular flexibility index (Phi) is 4.65. The van der Waals surface area contributed by atoms with Crippen LogP contribution in [0.4, 0.5) is 5.69 Å². The molecule has 0 spiro atoms. The number of carboxylic acids is 1.